The van der Waals surface area contributed by atoms with Gasteiger partial charge in [0.05, 0.1) is 18.0 Å². The van der Waals surface area contributed by atoms with Gasteiger partial charge < -0.3 is 10.2 Å². The van der Waals surface area contributed by atoms with Crippen LogP contribution >= 0.6 is 11.6 Å². The van der Waals surface area contributed by atoms with Crippen LogP contribution in [-0.2, 0) is 10.0 Å². The Morgan fingerprint density at radius 2 is 2.13 bits per heavy atom. The highest BCUT2D eigenvalue weighted by atomic mass is 35.5. The lowest BCUT2D eigenvalue weighted by Gasteiger charge is -2.33. The van der Waals surface area contributed by atoms with Gasteiger partial charge in [-0.05, 0) is 37.0 Å². The second kappa shape index (κ2) is 5.92. The molecule has 1 heterocycles. The monoisotopic (exact) mass is 361 g/mol. The summed E-state index contributed by atoms with van der Waals surface area (Å²) in [5.41, 5.74) is 0.0507. The van der Waals surface area contributed by atoms with Gasteiger partial charge in [0.25, 0.3) is 0 Å². The molecule has 2 fully saturated rings. The van der Waals surface area contributed by atoms with E-state index in [1.54, 1.807) is 4.90 Å². The predicted molar refractivity (Wildman–Crippen MR) is 85.4 cm³/mol. The second-order valence-corrected chi connectivity index (χ2v) is 8.32. The molecule has 1 aromatic rings. The molecule has 9 heteroatoms. The molecule has 1 aromatic carbocycles. The SMILES string of the molecule is CS(=O)(=O)N[C@H]1C[C@@H]2C[C@H]1N(C(=O)Nc1ccc(Cl)cc1F)C2. The van der Waals surface area contributed by atoms with E-state index in [0.717, 1.165) is 25.2 Å². The van der Waals surface area contributed by atoms with E-state index in [1.165, 1.54) is 12.1 Å². The number of hydrogen-bond donors (Lipinski definition) is 2. The van der Waals surface area contributed by atoms with Crippen molar-refractivity contribution in [2.45, 2.75) is 24.9 Å². The maximum Gasteiger partial charge on any atom is 0.322 e. The van der Waals surface area contributed by atoms with Crippen LogP contribution in [0.1, 0.15) is 12.8 Å². The Morgan fingerprint density at radius 1 is 1.39 bits per heavy atom. The van der Waals surface area contributed by atoms with E-state index in [9.17, 15) is 17.6 Å². The highest BCUT2D eigenvalue weighted by molar-refractivity contribution is 7.88. The van der Waals surface area contributed by atoms with Gasteiger partial charge in [0.1, 0.15) is 5.82 Å². The summed E-state index contributed by atoms with van der Waals surface area (Å²) in [4.78, 5) is 14.0. The Labute approximate surface area is 139 Å². The van der Waals surface area contributed by atoms with Crippen LogP contribution in [0.15, 0.2) is 18.2 Å². The summed E-state index contributed by atoms with van der Waals surface area (Å²) >= 11 is 5.68. The first-order valence-electron chi connectivity index (χ1n) is 7.23. The zero-order chi connectivity index (χ0) is 16.8. The van der Waals surface area contributed by atoms with E-state index in [2.05, 4.69) is 10.0 Å². The third-order valence-corrected chi connectivity index (χ3v) is 5.25. The van der Waals surface area contributed by atoms with Gasteiger partial charge in [-0.25, -0.2) is 22.3 Å². The molecule has 0 radical (unpaired) electrons. The Bertz CT molecular complexity index is 743. The number of likely N-dealkylation sites (tertiary alicyclic amines) is 1. The molecular formula is C14H17ClFN3O3S. The number of carbonyl (C=O) groups excluding carboxylic acids is 1. The molecule has 1 saturated heterocycles. The molecule has 2 amide bonds. The Morgan fingerprint density at radius 3 is 2.74 bits per heavy atom. The second-order valence-electron chi connectivity index (χ2n) is 6.11. The Balaban J connectivity index is 1.71. The minimum Gasteiger partial charge on any atom is -0.320 e. The minimum atomic E-state index is -3.33. The molecule has 1 aliphatic carbocycles. The molecule has 23 heavy (non-hydrogen) atoms. The fraction of sp³-hybridized carbons (Fsp3) is 0.500. The number of carbonyl (C=O) groups is 1. The van der Waals surface area contributed by atoms with Crippen molar-refractivity contribution in [3.63, 3.8) is 0 Å². The fourth-order valence-electron chi connectivity index (χ4n) is 3.44. The summed E-state index contributed by atoms with van der Waals surface area (Å²) in [7, 11) is -3.33. The summed E-state index contributed by atoms with van der Waals surface area (Å²) in [6.45, 7) is 0.549. The molecule has 2 N–H and O–H groups in total. The van der Waals surface area contributed by atoms with Crippen LogP contribution in [0.4, 0.5) is 14.9 Å². The van der Waals surface area contributed by atoms with E-state index in [1.807, 2.05) is 0 Å². The molecule has 0 unspecified atom stereocenters. The van der Waals surface area contributed by atoms with Crippen molar-refractivity contribution in [1.29, 1.82) is 0 Å². The maximum atomic E-state index is 13.8. The molecule has 6 nitrogen and oxygen atoms in total. The number of hydrogen-bond acceptors (Lipinski definition) is 3. The number of sulfonamides is 1. The molecule has 0 spiro atoms. The van der Waals surface area contributed by atoms with Crippen molar-refractivity contribution < 1.29 is 17.6 Å². The van der Waals surface area contributed by atoms with E-state index in [4.69, 9.17) is 11.6 Å². The average molecular weight is 362 g/mol. The summed E-state index contributed by atoms with van der Waals surface area (Å²) in [6, 6.07) is 3.09. The highest BCUT2D eigenvalue weighted by Crippen LogP contribution is 2.38. The first kappa shape index (κ1) is 16.5. The lowest BCUT2D eigenvalue weighted by atomic mass is 10.1. The van der Waals surface area contributed by atoms with E-state index in [0.29, 0.717) is 6.54 Å². The molecule has 1 saturated carbocycles. The number of rotatable bonds is 3. The zero-order valence-electron chi connectivity index (χ0n) is 12.4. The first-order valence-corrected chi connectivity index (χ1v) is 9.50. The molecule has 3 rings (SSSR count). The van der Waals surface area contributed by atoms with Crippen molar-refractivity contribution in [2.75, 3.05) is 18.1 Å². The summed E-state index contributed by atoms with van der Waals surface area (Å²) in [5.74, 6) is -0.346. The number of piperidine rings is 1. The lowest BCUT2D eigenvalue weighted by molar-refractivity contribution is 0.183. The zero-order valence-corrected chi connectivity index (χ0v) is 14.0. The predicted octanol–water partition coefficient (Wildman–Crippen LogP) is 2.02. The van der Waals surface area contributed by atoms with Crippen LogP contribution in [0.25, 0.3) is 0 Å². The first-order chi connectivity index (χ1) is 10.7. The van der Waals surface area contributed by atoms with Crippen LogP contribution in [0.2, 0.25) is 5.02 Å². The molecule has 2 bridgehead atoms. The largest absolute Gasteiger partial charge is 0.322 e. The van der Waals surface area contributed by atoms with Crippen molar-refractivity contribution in [3.05, 3.63) is 29.0 Å². The Hall–Kier alpha value is -1.38. The summed E-state index contributed by atoms with van der Waals surface area (Å²) < 4.78 is 39.2. The third kappa shape index (κ3) is 3.59. The number of anilines is 1. The van der Waals surface area contributed by atoms with Crippen LogP contribution in [0, 0.1) is 11.7 Å². The minimum absolute atomic E-state index is 0.0507. The fourth-order valence-corrected chi connectivity index (χ4v) is 4.40. The van der Waals surface area contributed by atoms with Crippen LogP contribution in [0.5, 0.6) is 0 Å². The topological polar surface area (TPSA) is 78.5 Å². The standard InChI is InChI=1S/C14H17ClFN3O3S/c1-23(21,22)18-12-4-8-5-13(12)19(7-8)14(20)17-11-3-2-9(15)6-10(11)16/h2-3,6,8,12-13,18H,4-5,7H2,1H3,(H,17,20)/t8-,12+,13-/m1/s1. The normalized spacial score (nSPS) is 26.6. The number of nitrogens with zero attached hydrogens (tertiary/aromatic N) is 1. The highest BCUT2D eigenvalue weighted by Gasteiger charge is 2.47. The Kier molecular flexibility index (Phi) is 4.24. The van der Waals surface area contributed by atoms with Crippen molar-refractivity contribution in [2.24, 2.45) is 5.92 Å². The summed E-state index contributed by atoms with van der Waals surface area (Å²) in [6.07, 6.45) is 2.58. The average Bonchev–Trinajstić information content (AvgIpc) is 2.99. The molecule has 1 aliphatic heterocycles. The number of benzene rings is 1. The van der Waals surface area contributed by atoms with Gasteiger partial charge in [-0.15, -0.1) is 0 Å². The smallest absolute Gasteiger partial charge is 0.320 e. The van der Waals surface area contributed by atoms with Gasteiger partial charge in [0.15, 0.2) is 0 Å². The molecule has 0 aromatic heterocycles. The van der Waals surface area contributed by atoms with Gasteiger partial charge in [-0.1, -0.05) is 11.6 Å². The number of halogens is 2. The maximum absolute atomic E-state index is 13.8. The van der Waals surface area contributed by atoms with Crippen LogP contribution < -0.4 is 10.0 Å². The third-order valence-electron chi connectivity index (χ3n) is 4.28. The van der Waals surface area contributed by atoms with Gasteiger partial charge in [0, 0.05) is 17.6 Å². The number of amides is 2. The summed E-state index contributed by atoms with van der Waals surface area (Å²) in [5, 5.41) is 2.77. The quantitative estimate of drug-likeness (QED) is 0.864. The van der Waals surface area contributed by atoms with E-state index < -0.39 is 21.9 Å². The van der Waals surface area contributed by atoms with Crippen LogP contribution in [-0.4, -0.2) is 44.2 Å². The molecule has 126 valence electrons. The van der Waals surface area contributed by atoms with E-state index in [-0.39, 0.29) is 28.7 Å². The van der Waals surface area contributed by atoms with Gasteiger partial charge >= 0.3 is 6.03 Å². The van der Waals surface area contributed by atoms with Crippen molar-refractivity contribution >= 4 is 33.3 Å². The van der Waals surface area contributed by atoms with Crippen molar-refractivity contribution in [3.8, 4) is 0 Å². The molecule has 2 aliphatic rings. The van der Waals surface area contributed by atoms with Crippen molar-refractivity contribution in [1.82, 2.24) is 9.62 Å². The number of fused-ring (bicyclic) bond motifs is 2. The number of urea groups is 1. The van der Waals surface area contributed by atoms with Gasteiger partial charge in [0.2, 0.25) is 10.0 Å². The molecular weight excluding hydrogens is 345 g/mol. The van der Waals surface area contributed by atoms with Crippen LogP contribution in [0.3, 0.4) is 0 Å². The van der Waals surface area contributed by atoms with E-state index >= 15 is 0 Å². The molecule has 3 atom stereocenters. The number of nitrogens with one attached hydrogen (secondary N) is 2. The van der Waals surface area contributed by atoms with Gasteiger partial charge in [-0.3, -0.25) is 0 Å². The van der Waals surface area contributed by atoms with Gasteiger partial charge in [-0.2, -0.15) is 0 Å². The lowest BCUT2D eigenvalue weighted by Crippen LogP contribution is -2.52.